The van der Waals surface area contributed by atoms with Gasteiger partial charge in [0.15, 0.2) is 0 Å². The van der Waals surface area contributed by atoms with Crippen molar-refractivity contribution >= 4 is 34.3 Å². The number of carbonyl (C=O) groups is 3. The van der Waals surface area contributed by atoms with Crippen LogP contribution < -0.4 is 5.32 Å². The van der Waals surface area contributed by atoms with Crippen LogP contribution in [0.3, 0.4) is 0 Å². The molecule has 1 aromatic rings. The summed E-state index contributed by atoms with van der Waals surface area (Å²) in [4.78, 5) is 41.7. The molecule has 0 saturated carbocycles. The molecule has 1 aromatic heterocycles. The minimum atomic E-state index is -0.430. The van der Waals surface area contributed by atoms with Crippen LogP contribution in [0.5, 0.6) is 0 Å². The average molecular weight is 410 g/mol. The number of nitrogens with zero attached hydrogens (tertiary/aromatic N) is 2. The molecule has 0 bridgehead atoms. The van der Waals surface area contributed by atoms with Crippen LogP contribution in [0.4, 0.5) is 9.80 Å². The lowest BCUT2D eigenvalue weighted by Gasteiger charge is -2.26. The van der Waals surface area contributed by atoms with E-state index in [1.54, 1.807) is 18.7 Å². The quantitative estimate of drug-likeness (QED) is 0.726. The number of likely N-dealkylation sites (tertiary alicyclic amines) is 1. The van der Waals surface area contributed by atoms with E-state index >= 15 is 0 Å². The van der Waals surface area contributed by atoms with Crippen LogP contribution in [0.25, 0.3) is 0 Å². The third-order valence-electron chi connectivity index (χ3n) is 4.88. The first-order chi connectivity index (χ1) is 13.5. The predicted molar refractivity (Wildman–Crippen MR) is 106 cm³/mol. The number of thiophene rings is 1. The maximum atomic E-state index is 12.6. The highest BCUT2D eigenvalue weighted by atomic mass is 32.1. The summed E-state index contributed by atoms with van der Waals surface area (Å²) in [6.07, 6.45) is 2.39. The SMILES string of the molecule is CCOC(=O)c1c(NC(=O)CN2CCCC2)sc2c1CCN(C(=O)OCC)C2. The van der Waals surface area contributed by atoms with Gasteiger partial charge in [-0.05, 0) is 51.8 Å². The summed E-state index contributed by atoms with van der Waals surface area (Å²) in [6, 6.07) is 0. The number of rotatable bonds is 6. The molecular weight excluding hydrogens is 382 g/mol. The van der Waals surface area contributed by atoms with Crippen molar-refractivity contribution in [2.75, 3.05) is 44.7 Å². The zero-order chi connectivity index (χ0) is 20.1. The van der Waals surface area contributed by atoms with E-state index in [-0.39, 0.29) is 18.6 Å². The van der Waals surface area contributed by atoms with Crippen molar-refractivity contribution in [3.63, 3.8) is 0 Å². The van der Waals surface area contributed by atoms with Gasteiger partial charge in [-0.15, -0.1) is 11.3 Å². The standard InChI is InChI=1S/C19H27N3O5S/c1-3-26-18(24)16-13-7-10-22(19(25)27-4-2)11-14(13)28-17(16)20-15(23)12-21-8-5-6-9-21/h3-12H2,1-2H3,(H,20,23). The lowest BCUT2D eigenvalue weighted by Crippen LogP contribution is -2.36. The Labute approximate surface area is 168 Å². The van der Waals surface area contributed by atoms with Gasteiger partial charge in [-0.25, -0.2) is 9.59 Å². The van der Waals surface area contributed by atoms with Gasteiger partial charge < -0.3 is 19.7 Å². The Balaban J connectivity index is 1.79. The molecular formula is C19H27N3O5S. The highest BCUT2D eigenvalue weighted by Crippen LogP contribution is 2.37. The molecule has 0 unspecified atom stereocenters. The van der Waals surface area contributed by atoms with E-state index < -0.39 is 5.97 Å². The third-order valence-corrected chi connectivity index (χ3v) is 6.01. The molecule has 1 saturated heterocycles. The number of esters is 1. The van der Waals surface area contributed by atoms with Crippen LogP contribution in [-0.2, 0) is 27.2 Å². The van der Waals surface area contributed by atoms with E-state index in [4.69, 9.17) is 9.47 Å². The Morgan fingerprint density at radius 2 is 1.79 bits per heavy atom. The van der Waals surface area contributed by atoms with Crippen molar-refractivity contribution in [2.45, 2.75) is 39.7 Å². The van der Waals surface area contributed by atoms with E-state index in [1.165, 1.54) is 11.3 Å². The summed E-state index contributed by atoms with van der Waals surface area (Å²) >= 11 is 1.34. The summed E-state index contributed by atoms with van der Waals surface area (Å²) < 4.78 is 10.3. The molecule has 0 radical (unpaired) electrons. The number of nitrogens with one attached hydrogen (secondary N) is 1. The number of carbonyl (C=O) groups excluding carboxylic acids is 3. The molecule has 9 heteroatoms. The zero-order valence-corrected chi connectivity index (χ0v) is 17.2. The van der Waals surface area contributed by atoms with Crippen molar-refractivity contribution in [2.24, 2.45) is 0 Å². The van der Waals surface area contributed by atoms with E-state index in [0.717, 1.165) is 36.4 Å². The fourth-order valence-corrected chi connectivity index (χ4v) is 4.86. The predicted octanol–water partition coefficient (Wildman–Crippen LogP) is 2.47. The van der Waals surface area contributed by atoms with Gasteiger partial charge in [0.1, 0.15) is 5.00 Å². The number of hydrogen-bond donors (Lipinski definition) is 1. The molecule has 1 N–H and O–H groups in total. The van der Waals surface area contributed by atoms with Gasteiger partial charge in [0.05, 0.1) is 31.9 Å². The van der Waals surface area contributed by atoms with Gasteiger partial charge >= 0.3 is 12.1 Å². The maximum Gasteiger partial charge on any atom is 0.410 e. The molecule has 3 rings (SSSR count). The van der Waals surface area contributed by atoms with E-state index in [0.29, 0.717) is 43.2 Å². The Bertz CT molecular complexity index is 742. The molecule has 2 aliphatic heterocycles. The first-order valence-corrected chi connectivity index (χ1v) is 10.6. The van der Waals surface area contributed by atoms with Crippen LogP contribution in [0, 0.1) is 0 Å². The van der Waals surface area contributed by atoms with Gasteiger partial charge in [0.2, 0.25) is 5.91 Å². The van der Waals surface area contributed by atoms with Crippen molar-refractivity contribution < 1.29 is 23.9 Å². The molecule has 2 aliphatic rings. The largest absolute Gasteiger partial charge is 0.462 e. The average Bonchev–Trinajstić information content (AvgIpc) is 3.28. The number of hydrogen-bond acceptors (Lipinski definition) is 7. The third kappa shape index (κ3) is 4.64. The van der Waals surface area contributed by atoms with Gasteiger partial charge in [0.25, 0.3) is 0 Å². The first-order valence-electron chi connectivity index (χ1n) is 9.79. The second kappa shape index (κ2) is 9.38. The summed E-state index contributed by atoms with van der Waals surface area (Å²) in [7, 11) is 0. The van der Waals surface area contributed by atoms with Crippen LogP contribution in [0.2, 0.25) is 0 Å². The maximum absolute atomic E-state index is 12.6. The summed E-state index contributed by atoms with van der Waals surface area (Å²) in [5.74, 6) is -0.561. The van der Waals surface area contributed by atoms with E-state index in [9.17, 15) is 14.4 Å². The minimum Gasteiger partial charge on any atom is -0.462 e. The number of amides is 2. The van der Waals surface area contributed by atoms with Gasteiger partial charge in [0, 0.05) is 11.4 Å². The molecule has 1 fully saturated rings. The molecule has 2 amide bonds. The van der Waals surface area contributed by atoms with Gasteiger partial charge in [-0.1, -0.05) is 0 Å². The van der Waals surface area contributed by atoms with Crippen LogP contribution in [0.1, 0.15) is 47.5 Å². The molecule has 0 spiro atoms. The lowest BCUT2D eigenvalue weighted by molar-refractivity contribution is -0.117. The smallest absolute Gasteiger partial charge is 0.410 e. The monoisotopic (exact) mass is 409 g/mol. The molecule has 0 atom stereocenters. The Morgan fingerprint density at radius 1 is 1.07 bits per heavy atom. The lowest BCUT2D eigenvalue weighted by atomic mass is 10.0. The molecule has 0 aliphatic carbocycles. The molecule has 3 heterocycles. The second-order valence-electron chi connectivity index (χ2n) is 6.83. The Kier molecular flexibility index (Phi) is 6.90. The number of ether oxygens (including phenoxy) is 2. The highest BCUT2D eigenvalue weighted by molar-refractivity contribution is 7.17. The summed E-state index contributed by atoms with van der Waals surface area (Å²) in [5, 5.41) is 3.42. The van der Waals surface area contributed by atoms with Crippen LogP contribution >= 0.6 is 11.3 Å². The van der Waals surface area contributed by atoms with Crippen molar-refractivity contribution in [3.05, 3.63) is 16.0 Å². The summed E-state index contributed by atoms with van der Waals surface area (Å²) in [6.45, 7) is 7.11. The minimum absolute atomic E-state index is 0.131. The fourth-order valence-electron chi connectivity index (χ4n) is 3.59. The van der Waals surface area contributed by atoms with Crippen molar-refractivity contribution in [1.29, 1.82) is 0 Å². The molecule has 8 nitrogen and oxygen atoms in total. The second-order valence-corrected chi connectivity index (χ2v) is 7.94. The Hall–Kier alpha value is -2.13. The van der Waals surface area contributed by atoms with Crippen molar-refractivity contribution in [3.8, 4) is 0 Å². The topological polar surface area (TPSA) is 88.2 Å². The van der Waals surface area contributed by atoms with E-state index in [2.05, 4.69) is 10.2 Å². The normalized spacial score (nSPS) is 16.6. The zero-order valence-electron chi connectivity index (χ0n) is 16.4. The fraction of sp³-hybridized carbons (Fsp3) is 0.632. The van der Waals surface area contributed by atoms with E-state index in [1.807, 2.05) is 0 Å². The molecule has 154 valence electrons. The Morgan fingerprint density at radius 3 is 2.46 bits per heavy atom. The number of fused-ring (bicyclic) bond motifs is 1. The van der Waals surface area contributed by atoms with Gasteiger partial charge in [-0.2, -0.15) is 0 Å². The molecule has 0 aromatic carbocycles. The van der Waals surface area contributed by atoms with Crippen LogP contribution in [0.15, 0.2) is 0 Å². The highest BCUT2D eigenvalue weighted by Gasteiger charge is 2.31. The number of anilines is 1. The van der Waals surface area contributed by atoms with Gasteiger partial charge in [-0.3, -0.25) is 9.69 Å². The molecule has 28 heavy (non-hydrogen) atoms. The first kappa shape index (κ1) is 20.6. The van der Waals surface area contributed by atoms with Crippen LogP contribution in [-0.4, -0.2) is 67.2 Å². The summed E-state index contributed by atoms with van der Waals surface area (Å²) in [5.41, 5.74) is 1.29. The van der Waals surface area contributed by atoms with Crippen molar-refractivity contribution in [1.82, 2.24) is 9.80 Å².